The Kier molecular flexibility index (Phi) is 5.38. The van der Waals surface area contributed by atoms with Gasteiger partial charge in [0.1, 0.15) is 4.21 Å². The lowest BCUT2D eigenvalue weighted by Crippen LogP contribution is -2.35. The van der Waals surface area contributed by atoms with Gasteiger partial charge in [-0.3, -0.25) is 4.79 Å². The first kappa shape index (κ1) is 16.9. The van der Waals surface area contributed by atoms with E-state index >= 15 is 0 Å². The SMILES string of the molecule is O=C(c1csc(S(=O)(=O)N2CCCCC2)c1)N1CCCCCC1. The minimum absolute atomic E-state index is 0.0248. The molecular formula is C16H24N2O3S2. The van der Waals surface area contributed by atoms with Gasteiger partial charge in [-0.1, -0.05) is 19.3 Å². The average molecular weight is 357 g/mol. The maximum absolute atomic E-state index is 12.7. The van der Waals surface area contributed by atoms with Crippen molar-refractivity contribution in [2.75, 3.05) is 26.2 Å². The predicted octanol–water partition coefficient (Wildman–Crippen LogP) is 2.94. The third-order valence-electron chi connectivity index (χ3n) is 4.62. The quantitative estimate of drug-likeness (QED) is 0.837. The molecule has 2 saturated heterocycles. The number of carbonyl (C=O) groups excluding carboxylic acids is 1. The second-order valence-electron chi connectivity index (χ2n) is 6.33. The van der Waals surface area contributed by atoms with Gasteiger partial charge >= 0.3 is 0 Å². The highest BCUT2D eigenvalue weighted by Crippen LogP contribution is 2.27. The molecule has 1 amide bonds. The lowest BCUT2D eigenvalue weighted by atomic mass is 10.2. The van der Waals surface area contributed by atoms with Crippen LogP contribution in [-0.4, -0.2) is 49.7 Å². The lowest BCUT2D eigenvalue weighted by Gasteiger charge is -2.25. The monoisotopic (exact) mass is 356 g/mol. The highest BCUT2D eigenvalue weighted by molar-refractivity contribution is 7.91. The first-order valence-electron chi connectivity index (χ1n) is 8.47. The average Bonchev–Trinajstić information content (AvgIpc) is 2.92. The van der Waals surface area contributed by atoms with Crippen molar-refractivity contribution in [1.29, 1.82) is 0 Å². The van der Waals surface area contributed by atoms with Gasteiger partial charge in [-0.15, -0.1) is 11.3 Å². The van der Waals surface area contributed by atoms with Crippen molar-refractivity contribution >= 4 is 27.3 Å². The summed E-state index contributed by atoms with van der Waals surface area (Å²) in [5.74, 6) is -0.0248. The van der Waals surface area contributed by atoms with Gasteiger partial charge in [0.25, 0.3) is 15.9 Å². The minimum Gasteiger partial charge on any atom is -0.339 e. The van der Waals surface area contributed by atoms with Crippen LogP contribution in [0.5, 0.6) is 0 Å². The van der Waals surface area contributed by atoms with E-state index < -0.39 is 10.0 Å². The molecule has 2 aliphatic rings. The molecule has 23 heavy (non-hydrogen) atoms. The van der Waals surface area contributed by atoms with Crippen LogP contribution in [0, 0.1) is 0 Å². The van der Waals surface area contributed by atoms with Crippen molar-refractivity contribution in [3.05, 3.63) is 17.0 Å². The molecule has 128 valence electrons. The van der Waals surface area contributed by atoms with E-state index in [-0.39, 0.29) is 5.91 Å². The van der Waals surface area contributed by atoms with E-state index in [0.29, 0.717) is 22.9 Å². The zero-order valence-electron chi connectivity index (χ0n) is 13.4. The van der Waals surface area contributed by atoms with Gasteiger partial charge < -0.3 is 4.90 Å². The number of likely N-dealkylation sites (tertiary alicyclic amines) is 1. The van der Waals surface area contributed by atoms with Crippen molar-refractivity contribution in [3.63, 3.8) is 0 Å². The Morgan fingerprint density at radius 3 is 2.13 bits per heavy atom. The van der Waals surface area contributed by atoms with Crippen LogP contribution >= 0.6 is 11.3 Å². The molecule has 0 N–H and O–H groups in total. The third kappa shape index (κ3) is 3.78. The Morgan fingerprint density at radius 2 is 1.48 bits per heavy atom. The van der Waals surface area contributed by atoms with Crippen LogP contribution < -0.4 is 0 Å². The molecule has 1 aromatic rings. The molecule has 0 aromatic carbocycles. The van der Waals surface area contributed by atoms with Gasteiger partial charge in [0.15, 0.2) is 0 Å². The molecule has 0 unspecified atom stereocenters. The van der Waals surface area contributed by atoms with Gasteiger partial charge in [0, 0.05) is 31.6 Å². The standard InChI is InChI=1S/C16H24N2O3S2/c19-16(17-8-4-1-2-5-9-17)14-12-15(22-13-14)23(20,21)18-10-6-3-7-11-18/h12-13H,1-11H2. The largest absolute Gasteiger partial charge is 0.339 e. The van der Waals surface area contributed by atoms with E-state index in [0.717, 1.165) is 45.2 Å². The summed E-state index contributed by atoms with van der Waals surface area (Å²) >= 11 is 1.17. The minimum atomic E-state index is -3.43. The first-order valence-corrected chi connectivity index (χ1v) is 10.8. The molecule has 0 saturated carbocycles. The number of piperidine rings is 1. The number of nitrogens with zero attached hydrogens (tertiary/aromatic N) is 2. The summed E-state index contributed by atoms with van der Waals surface area (Å²) in [7, 11) is -3.43. The summed E-state index contributed by atoms with van der Waals surface area (Å²) in [6, 6.07) is 1.57. The highest BCUT2D eigenvalue weighted by atomic mass is 32.2. The zero-order valence-corrected chi connectivity index (χ0v) is 15.0. The van der Waals surface area contributed by atoms with E-state index in [1.807, 2.05) is 4.90 Å². The van der Waals surface area contributed by atoms with Crippen molar-refractivity contribution in [3.8, 4) is 0 Å². The van der Waals surface area contributed by atoms with Crippen molar-refractivity contribution in [1.82, 2.24) is 9.21 Å². The normalized spacial score (nSPS) is 21.1. The van der Waals surface area contributed by atoms with Gasteiger partial charge in [-0.25, -0.2) is 8.42 Å². The molecule has 7 heteroatoms. The summed E-state index contributed by atoms with van der Waals surface area (Å²) in [5, 5.41) is 1.70. The summed E-state index contributed by atoms with van der Waals surface area (Å²) in [4.78, 5) is 14.5. The second-order valence-corrected chi connectivity index (χ2v) is 9.40. The fourth-order valence-corrected chi connectivity index (χ4v) is 6.08. The van der Waals surface area contributed by atoms with Crippen LogP contribution in [0.25, 0.3) is 0 Å². The summed E-state index contributed by atoms with van der Waals surface area (Å²) in [5.41, 5.74) is 0.521. The Balaban J connectivity index is 1.75. The Morgan fingerprint density at radius 1 is 0.913 bits per heavy atom. The predicted molar refractivity (Wildman–Crippen MR) is 91.3 cm³/mol. The second kappa shape index (κ2) is 7.32. The molecular weight excluding hydrogens is 332 g/mol. The molecule has 2 fully saturated rings. The van der Waals surface area contributed by atoms with Crippen LogP contribution in [0.3, 0.4) is 0 Å². The van der Waals surface area contributed by atoms with E-state index in [2.05, 4.69) is 0 Å². The first-order chi connectivity index (χ1) is 11.1. The number of rotatable bonds is 3. The number of hydrogen-bond donors (Lipinski definition) is 0. The topological polar surface area (TPSA) is 57.7 Å². The maximum Gasteiger partial charge on any atom is 0.254 e. The fourth-order valence-electron chi connectivity index (χ4n) is 3.25. The van der Waals surface area contributed by atoms with Crippen molar-refractivity contribution < 1.29 is 13.2 Å². The van der Waals surface area contributed by atoms with E-state index in [9.17, 15) is 13.2 Å². The van der Waals surface area contributed by atoms with Gasteiger partial charge in [0.05, 0.1) is 5.56 Å². The van der Waals surface area contributed by atoms with Crippen molar-refractivity contribution in [2.24, 2.45) is 0 Å². The van der Waals surface area contributed by atoms with Crippen LogP contribution in [0.4, 0.5) is 0 Å². The molecule has 0 spiro atoms. The Hall–Kier alpha value is -0.920. The third-order valence-corrected chi connectivity index (χ3v) is 7.94. The Bertz CT molecular complexity index is 640. The van der Waals surface area contributed by atoms with E-state index in [4.69, 9.17) is 0 Å². The van der Waals surface area contributed by atoms with Gasteiger partial charge in [-0.2, -0.15) is 4.31 Å². The number of amides is 1. The summed E-state index contributed by atoms with van der Waals surface area (Å²) < 4.78 is 27.2. The smallest absolute Gasteiger partial charge is 0.254 e. The highest BCUT2D eigenvalue weighted by Gasteiger charge is 2.29. The summed E-state index contributed by atoms with van der Waals surface area (Å²) in [6.07, 6.45) is 7.34. The number of sulfonamides is 1. The van der Waals surface area contributed by atoms with E-state index in [1.165, 1.54) is 24.2 Å². The molecule has 0 atom stereocenters. The fraction of sp³-hybridized carbons (Fsp3) is 0.688. The molecule has 0 aliphatic carbocycles. The number of thiophene rings is 1. The number of hydrogen-bond acceptors (Lipinski definition) is 4. The maximum atomic E-state index is 12.7. The molecule has 0 bridgehead atoms. The molecule has 3 rings (SSSR count). The molecule has 0 radical (unpaired) electrons. The summed E-state index contributed by atoms with van der Waals surface area (Å²) in [6.45, 7) is 2.75. The zero-order chi connectivity index (χ0) is 16.3. The van der Waals surface area contributed by atoms with Gasteiger partial charge in [0.2, 0.25) is 0 Å². The van der Waals surface area contributed by atoms with E-state index in [1.54, 1.807) is 15.8 Å². The van der Waals surface area contributed by atoms with Crippen LogP contribution in [0.2, 0.25) is 0 Å². The molecule has 1 aromatic heterocycles. The lowest BCUT2D eigenvalue weighted by molar-refractivity contribution is 0.0762. The van der Waals surface area contributed by atoms with Crippen LogP contribution in [0.1, 0.15) is 55.3 Å². The molecule has 3 heterocycles. The van der Waals surface area contributed by atoms with Crippen molar-refractivity contribution in [2.45, 2.75) is 49.2 Å². The Labute approximate surface area is 142 Å². The van der Waals surface area contributed by atoms with Crippen LogP contribution in [-0.2, 0) is 10.0 Å². The van der Waals surface area contributed by atoms with Crippen LogP contribution in [0.15, 0.2) is 15.7 Å². The van der Waals surface area contributed by atoms with Gasteiger partial charge in [-0.05, 0) is 31.7 Å². The molecule has 2 aliphatic heterocycles. The molecule has 5 nitrogen and oxygen atoms in total. The number of carbonyl (C=O) groups is 1.